The number of benzene rings is 1. The van der Waals surface area contributed by atoms with Gasteiger partial charge in [0.15, 0.2) is 11.0 Å². The van der Waals surface area contributed by atoms with Gasteiger partial charge in [0, 0.05) is 0 Å². The van der Waals surface area contributed by atoms with E-state index in [0.717, 1.165) is 13.1 Å². The third-order valence-corrected chi connectivity index (χ3v) is 2.46. The zero-order valence-corrected chi connectivity index (χ0v) is 11.8. The molecule has 0 aliphatic heterocycles. The van der Waals surface area contributed by atoms with E-state index in [1.54, 1.807) is 0 Å². The molecule has 0 bridgehead atoms. The number of para-hydroxylation sites is 2. The maximum atomic E-state index is 9.87. The Morgan fingerprint density at radius 3 is 1.95 bits per heavy atom. The molecular formula is C11H15F6N2P. The number of imidazole rings is 1. The Morgan fingerprint density at radius 1 is 1.00 bits per heavy atom. The zero-order chi connectivity index (χ0) is 15.7. The van der Waals surface area contributed by atoms with Gasteiger partial charge in [0.2, 0.25) is 6.33 Å². The summed E-state index contributed by atoms with van der Waals surface area (Å²) in [6, 6.07) is 8.53. The van der Waals surface area contributed by atoms with E-state index < -0.39 is 7.81 Å². The van der Waals surface area contributed by atoms with E-state index >= 15 is 0 Å². The summed E-state index contributed by atoms with van der Waals surface area (Å²) < 4.78 is 63.7. The Labute approximate surface area is 111 Å². The summed E-state index contributed by atoms with van der Waals surface area (Å²) in [6.45, 7) is 6.42. The second-order valence-electron chi connectivity index (χ2n) is 4.13. The number of hydrogen-bond acceptors (Lipinski definition) is 0. The van der Waals surface area contributed by atoms with Gasteiger partial charge in [0.05, 0.1) is 13.1 Å². The quantitative estimate of drug-likeness (QED) is 0.401. The summed E-state index contributed by atoms with van der Waals surface area (Å²) in [5.74, 6) is 0. The van der Waals surface area contributed by atoms with E-state index in [4.69, 9.17) is 0 Å². The Hall–Kier alpha value is -1.30. The van der Waals surface area contributed by atoms with Crippen molar-refractivity contribution < 1.29 is 29.7 Å². The first-order chi connectivity index (χ1) is 8.81. The fourth-order valence-corrected chi connectivity index (χ4v) is 1.75. The summed E-state index contributed by atoms with van der Waals surface area (Å²) in [4.78, 5) is 0. The van der Waals surface area contributed by atoms with Crippen molar-refractivity contribution >= 4 is 18.8 Å². The van der Waals surface area contributed by atoms with E-state index in [1.807, 2.05) is 0 Å². The predicted octanol–water partition coefficient (Wildman–Crippen LogP) is 5.35. The molecule has 1 aromatic heterocycles. The zero-order valence-electron chi connectivity index (χ0n) is 10.9. The van der Waals surface area contributed by atoms with Crippen LogP contribution in [0.25, 0.3) is 11.0 Å². The molecule has 0 amide bonds. The van der Waals surface area contributed by atoms with E-state index in [1.165, 1.54) is 11.0 Å². The fraction of sp³-hybridized carbons (Fsp3) is 0.364. The molecule has 0 aliphatic carbocycles. The molecule has 0 radical (unpaired) electrons. The molecule has 2 rings (SSSR count). The molecule has 1 heterocycles. The Balaban J connectivity index is 0.000000246. The van der Waals surface area contributed by atoms with Gasteiger partial charge in [-0.1, -0.05) is 12.1 Å². The Kier molecular flexibility index (Phi) is 3.87. The minimum absolute atomic E-state index is 1.04. The van der Waals surface area contributed by atoms with Gasteiger partial charge in [0.1, 0.15) is 0 Å². The summed E-state index contributed by atoms with van der Waals surface area (Å²) in [5.41, 5.74) is 2.65. The maximum absolute atomic E-state index is 10.7. The molecule has 0 saturated carbocycles. The van der Waals surface area contributed by atoms with Gasteiger partial charge in [-0.25, -0.2) is 9.13 Å². The molecule has 9 heteroatoms. The minimum atomic E-state index is -10.7. The summed E-state index contributed by atoms with van der Waals surface area (Å²) in [6.07, 6.45) is 2.19. The van der Waals surface area contributed by atoms with E-state index in [9.17, 15) is 25.2 Å². The van der Waals surface area contributed by atoms with Gasteiger partial charge in [-0.3, -0.25) is 0 Å². The molecule has 2 aromatic rings. The van der Waals surface area contributed by atoms with Gasteiger partial charge in [0.25, 0.3) is 0 Å². The van der Waals surface area contributed by atoms with Crippen molar-refractivity contribution in [2.75, 3.05) is 0 Å². The van der Waals surface area contributed by atoms with Gasteiger partial charge in [-0.15, -0.1) is 0 Å². The summed E-state index contributed by atoms with van der Waals surface area (Å²) in [7, 11) is -10.7. The number of halogens is 6. The fourth-order valence-electron chi connectivity index (χ4n) is 1.75. The molecule has 0 saturated heterocycles. The number of fused-ring (bicyclic) bond motifs is 1. The topological polar surface area (TPSA) is 8.81 Å². The van der Waals surface area contributed by atoms with Gasteiger partial charge >= 0.3 is 33.0 Å². The van der Waals surface area contributed by atoms with Crippen LogP contribution >= 0.6 is 7.81 Å². The van der Waals surface area contributed by atoms with Crippen LogP contribution in [0.5, 0.6) is 0 Å². The van der Waals surface area contributed by atoms with Gasteiger partial charge < -0.3 is 0 Å². The number of nitrogens with zero attached hydrogens (tertiary/aromatic N) is 2. The molecule has 2 nitrogen and oxygen atoms in total. The molecule has 0 unspecified atom stereocenters. The first-order valence-electron chi connectivity index (χ1n) is 5.85. The van der Waals surface area contributed by atoms with Crippen LogP contribution in [-0.2, 0) is 13.1 Å². The molecule has 1 aromatic carbocycles. The second-order valence-corrected chi connectivity index (χ2v) is 6.05. The van der Waals surface area contributed by atoms with Crippen molar-refractivity contribution in [3.63, 3.8) is 0 Å². The van der Waals surface area contributed by atoms with Crippen molar-refractivity contribution in [1.29, 1.82) is 0 Å². The predicted molar refractivity (Wildman–Crippen MR) is 67.0 cm³/mol. The third kappa shape index (κ3) is 6.23. The Morgan fingerprint density at radius 2 is 1.50 bits per heavy atom. The molecule has 0 atom stereocenters. The molecule has 0 N–H and O–H groups in total. The van der Waals surface area contributed by atoms with Crippen molar-refractivity contribution in [2.45, 2.75) is 26.9 Å². The van der Waals surface area contributed by atoms with Crippen molar-refractivity contribution in [2.24, 2.45) is 0 Å². The first-order valence-corrected chi connectivity index (χ1v) is 7.88. The number of rotatable bonds is 2. The van der Waals surface area contributed by atoms with Crippen LogP contribution in [-0.4, -0.2) is 4.57 Å². The number of aromatic nitrogens is 2. The van der Waals surface area contributed by atoms with Crippen molar-refractivity contribution in [1.82, 2.24) is 4.57 Å². The van der Waals surface area contributed by atoms with Crippen LogP contribution in [0.2, 0.25) is 0 Å². The average Bonchev–Trinajstić information content (AvgIpc) is 2.63. The molecule has 20 heavy (non-hydrogen) atoms. The van der Waals surface area contributed by atoms with Crippen LogP contribution in [0, 0.1) is 0 Å². The summed E-state index contributed by atoms with van der Waals surface area (Å²) >= 11 is 0. The number of aryl methyl sites for hydroxylation is 2. The van der Waals surface area contributed by atoms with Crippen LogP contribution in [0.15, 0.2) is 30.6 Å². The Bertz CT molecular complexity index is 552. The molecule has 116 valence electrons. The van der Waals surface area contributed by atoms with Gasteiger partial charge in [-0.2, -0.15) is 0 Å². The number of hydrogen-bond donors (Lipinski definition) is 0. The first kappa shape index (κ1) is 16.8. The molecule has 0 spiro atoms. The molecule has 0 fully saturated rings. The third-order valence-electron chi connectivity index (χ3n) is 2.46. The summed E-state index contributed by atoms with van der Waals surface area (Å²) in [5, 5.41) is 0. The second kappa shape index (κ2) is 4.62. The SMILES string of the molecule is CCn1c[n+](CC)c2ccccc21.F[P-](F)(F)(F)(F)F. The van der Waals surface area contributed by atoms with Crippen molar-refractivity contribution in [3.05, 3.63) is 30.6 Å². The van der Waals surface area contributed by atoms with Crippen LogP contribution in [0.3, 0.4) is 0 Å². The van der Waals surface area contributed by atoms with Crippen molar-refractivity contribution in [3.8, 4) is 0 Å². The van der Waals surface area contributed by atoms with Crippen LogP contribution in [0.1, 0.15) is 13.8 Å². The molecule has 0 aliphatic rings. The van der Waals surface area contributed by atoms with E-state index in [0.29, 0.717) is 0 Å². The van der Waals surface area contributed by atoms with E-state index in [-0.39, 0.29) is 0 Å². The van der Waals surface area contributed by atoms with Gasteiger partial charge in [-0.05, 0) is 26.0 Å². The van der Waals surface area contributed by atoms with E-state index in [2.05, 4.69) is 53.6 Å². The molecular weight excluding hydrogens is 305 g/mol. The average molecular weight is 320 g/mol. The standard InChI is InChI=1S/C11H15N2.F6P/c1-3-12-9-13(4-2)11-8-6-5-7-10(11)12;1-7(2,3,4,5)6/h5-9H,3-4H2,1-2H3;/q+1;-1. The normalized spacial score (nSPS) is 15.2. The monoisotopic (exact) mass is 320 g/mol. The van der Waals surface area contributed by atoms with Crippen LogP contribution in [0.4, 0.5) is 25.2 Å². The van der Waals surface area contributed by atoms with Crippen LogP contribution < -0.4 is 4.57 Å².